The maximum absolute atomic E-state index is 11.7. The van der Waals surface area contributed by atoms with Gasteiger partial charge in [0.2, 0.25) is 0 Å². The van der Waals surface area contributed by atoms with Crippen LogP contribution in [0.2, 0.25) is 0 Å². The molecule has 6 heteroatoms. The third-order valence-corrected chi connectivity index (χ3v) is 3.63. The van der Waals surface area contributed by atoms with Gasteiger partial charge in [0.05, 0.1) is 0 Å². The number of nitrogens with two attached hydrogens (primary N) is 1. The van der Waals surface area contributed by atoms with Gasteiger partial charge in [-0.15, -0.1) is 0 Å². The van der Waals surface area contributed by atoms with Crippen LogP contribution in [0.15, 0.2) is 26.1 Å². The van der Waals surface area contributed by atoms with E-state index in [-0.39, 0.29) is 26.4 Å². The van der Waals surface area contributed by atoms with E-state index in [2.05, 4.69) is 13.2 Å². The summed E-state index contributed by atoms with van der Waals surface area (Å²) in [6, 6.07) is 5.64. The van der Waals surface area contributed by atoms with Gasteiger partial charge in [0.15, 0.2) is 0 Å². The van der Waals surface area contributed by atoms with Crippen molar-refractivity contribution in [3.05, 3.63) is 18.2 Å². The summed E-state index contributed by atoms with van der Waals surface area (Å²) in [6.07, 6.45) is 0.433. The topological polar surface area (TPSA) is 79.8 Å². The molecule has 1 unspecified atom stereocenters. The van der Waals surface area contributed by atoms with Crippen molar-refractivity contribution < 1.29 is 4.79 Å². The van der Waals surface area contributed by atoms with Crippen molar-refractivity contribution in [2.45, 2.75) is 13.3 Å². The van der Waals surface area contributed by atoms with Gasteiger partial charge in [0, 0.05) is 0 Å². The molecule has 0 spiro atoms. The standard InChI is InChI=1S/C11H14N4OSe/c1-7(6-12)5-10(16)13-8-3-2-4-9-11(8)15-17-14-9/h2-4,7H,5-6,12H2,1H3,(H,13,16). The zero-order chi connectivity index (χ0) is 12.3. The zero-order valence-electron chi connectivity index (χ0n) is 9.51. The number of carbonyl (C=O) groups is 1. The van der Waals surface area contributed by atoms with Crippen molar-refractivity contribution in [2.24, 2.45) is 19.6 Å². The van der Waals surface area contributed by atoms with Crippen LogP contribution in [0.3, 0.4) is 0 Å². The molecule has 0 saturated heterocycles. The van der Waals surface area contributed by atoms with Crippen LogP contribution in [-0.4, -0.2) is 27.0 Å². The molecule has 3 N–H and O–H groups in total. The van der Waals surface area contributed by atoms with Gasteiger partial charge in [0.1, 0.15) is 0 Å². The first-order valence-electron chi connectivity index (χ1n) is 5.42. The number of nitrogens with zero attached hydrogens (tertiary/aromatic N) is 2. The fourth-order valence-corrected chi connectivity index (χ4v) is 2.66. The summed E-state index contributed by atoms with van der Waals surface area (Å²) in [6.45, 7) is 2.47. The van der Waals surface area contributed by atoms with E-state index in [0.717, 1.165) is 17.1 Å². The molecule has 1 aromatic rings. The Balaban J connectivity index is 2.08. The van der Waals surface area contributed by atoms with Crippen molar-refractivity contribution in [2.75, 3.05) is 11.9 Å². The van der Waals surface area contributed by atoms with Crippen molar-refractivity contribution in [3.8, 4) is 0 Å². The summed E-state index contributed by atoms with van der Waals surface area (Å²) in [5.41, 5.74) is 7.92. The van der Waals surface area contributed by atoms with Crippen LogP contribution in [0.1, 0.15) is 13.3 Å². The van der Waals surface area contributed by atoms with Crippen LogP contribution in [0.25, 0.3) is 0 Å². The first-order valence-corrected chi connectivity index (χ1v) is 6.95. The van der Waals surface area contributed by atoms with Crippen LogP contribution >= 0.6 is 0 Å². The predicted molar refractivity (Wildman–Crippen MR) is 67.8 cm³/mol. The number of carbonyl (C=O) groups excluding carboxylic acids is 1. The summed E-state index contributed by atoms with van der Waals surface area (Å²) in [4.78, 5) is 11.7. The number of hydrogen-bond donors (Lipinski definition) is 2. The molecule has 0 saturated carbocycles. The van der Waals surface area contributed by atoms with Gasteiger partial charge in [-0.3, -0.25) is 0 Å². The zero-order valence-corrected chi connectivity index (χ0v) is 11.2. The van der Waals surface area contributed by atoms with Gasteiger partial charge in [0.25, 0.3) is 0 Å². The van der Waals surface area contributed by atoms with E-state index in [0.29, 0.717) is 13.0 Å². The molecule has 0 radical (unpaired) electrons. The quantitative estimate of drug-likeness (QED) is 0.846. The molecule has 0 bridgehead atoms. The number of nitrogens with one attached hydrogen (secondary N) is 1. The molecule has 2 rings (SSSR count). The van der Waals surface area contributed by atoms with Crippen LogP contribution < -0.4 is 11.1 Å². The number of fused-ring (bicyclic) bond motifs is 1. The van der Waals surface area contributed by atoms with Gasteiger partial charge in [-0.2, -0.15) is 0 Å². The first-order chi connectivity index (χ1) is 8.20. The third kappa shape index (κ3) is 2.91. The number of hydrogen-bond acceptors (Lipinski definition) is 4. The molecule has 0 aromatic heterocycles. The Morgan fingerprint density at radius 2 is 2.35 bits per heavy atom. The molecule has 1 aliphatic heterocycles. The van der Waals surface area contributed by atoms with Crippen LogP contribution in [0, 0.1) is 5.92 Å². The van der Waals surface area contributed by atoms with Gasteiger partial charge in [-0.25, -0.2) is 0 Å². The fourth-order valence-electron chi connectivity index (χ4n) is 1.51. The SMILES string of the molecule is CC(CN)CC(=O)Nc1cccc2c1N=[Se]=N2. The molecule has 5 nitrogen and oxygen atoms in total. The Bertz CT molecular complexity index is 508. The summed E-state index contributed by atoms with van der Waals surface area (Å²) in [5, 5.41) is 2.87. The summed E-state index contributed by atoms with van der Waals surface area (Å²) in [7, 11) is 0. The van der Waals surface area contributed by atoms with E-state index in [4.69, 9.17) is 5.73 Å². The Morgan fingerprint density at radius 1 is 1.53 bits per heavy atom. The van der Waals surface area contributed by atoms with Gasteiger partial charge in [-0.1, -0.05) is 0 Å². The van der Waals surface area contributed by atoms with Crippen molar-refractivity contribution in [3.63, 3.8) is 0 Å². The second-order valence-corrected chi connectivity index (χ2v) is 5.14. The van der Waals surface area contributed by atoms with E-state index in [9.17, 15) is 4.79 Å². The molecule has 1 aliphatic rings. The maximum atomic E-state index is 11.7. The van der Waals surface area contributed by atoms with Gasteiger partial charge >= 0.3 is 105 Å². The fraction of sp³-hybridized carbons (Fsp3) is 0.364. The Morgan fingerprint density at radius 3 is 3.12 bits per heavy atom. The van der Waals surface area contributed by atoms with E-state index in [1.165, 1.54) is 0 Å². The van der Waals surface area contributed by atoms with Crippen molar-refractivity contribution in [1.82, 2.24) is 0 Å². The van der Waals surface area contributed by atoms with Gasteiger partial charge in [-0.05, 0) is 0 Å². The minimum absolute atomic E-state index is 0.0223. The van der Waals surface area contributed by atoms with Crippen LogP contribution in [0.5, 0.6) is 0 Å². The molecule has 1 aromatic carbocycles. The predicted octanol–water partition coefficient (Wildman–Crippen LogP) is 1.96. The number of amides is 1. The normalized spacial score (nSPS) is 14.0. The monoisotopic (exact) mass is 298 g/mol. The molecular weight excluding hydrogens is 283 g/mol. The molecule has 1 atom stereocenters. The molecule has 0 fully saturated rings. The Kier molecular flexibility index (Phi) is 3.89. The number of benzene rings is 1. The first kappa shape index (κ1) is 12.2. The van der Waals surface area contributed by atoms with E-state index < -0.39 is 0 Å². The van der Waals surface area contributed by atoms with Crippen LogP contribution in [-0.2, 0) is 4.79 Å². The molecular formula is C11H14N4OSe. The second kappa shape index (κ2) is 5.40. The van der Waals surface area contributed by atoms with E-state index >= 15 is 0 Å². The van der Waals surface area contributed by atoms with Crippen molar-refractivity contribution >= 4 is 37.5 Å². The third-order valence-electron chi connectivity index (χ3n) is 2.50. The van der Waals surface area contributed by atoms with Crippen LogP contribution in [0.4, 0.5) is 17.1 Å². The summed E-state index contributed by atoms with van der Waals surface area (Å²) >= 11 is -0.0757. The summed E-state index contributed by atoms with van der Waals surface area (Å²) in [5.74, 6) is 0.170. The van der Waals surface area contributed by atoms with Crippen molar-refractivity contribution in [1.29, 1.82) is 0 Å². The molecule has 1 amide bonds. The Hall–Kier alpha value is -1.23. The minimum atomic E-state index is -0.0757. The molecule has 1 heterocycles. The average molecular weight is 297 g/mol. The molecule has 0 aliphatic carbocycles. The average Bonchev–Trinajstić information content (AvgIpc) is 2.78. The number of anilines is 1. The second-order valence-electron chi connectivity index (χ2n) is 4.03. The van der Waals surface area contributed by atoms with Gasteiger partial charge < -0.3 is 0 Å². The molecule has 17 heavy (non-hydrogen) atoms. The summed E-state index contributed by atoms with van der Waals surface area (Å²) < 4.78 is 8.58. The van der Waals surface area contributed by atoms with E-state index in [1.54, 1.807) is 0 Å². The van der Waals surface area contributed by atoms with E-state index in [1.807, 2.05) is 25.1 Å². The molecule has 90 valence electrons. The Labute approximate surface area is 106 Å². The number of rotatable bonds is 4.